The summed E-state index contributed by atoms with van der Waals surface area (Å²) in [6, 6.07) is 0. The van der Waals surface area contributed by atoms with Crippen molar-refractivity contribution in [3.05, 3.63) is 0 Å². The van der Waals surface area contributed by atoms with Crippen molar-refractivity contribution in [1.82, 2.24) is 0 Å². The van der Waals surface area contributed by atoms with Crippen LogP contribution in [0.3, 0.4) is 0 Å². The normalized spacial score (nSPS) is 29.4. The third kappa shape index (κ3) is 3.32. The van der Waals surface area contributed by atoms with Crippen molar-refractivity contribution in [2.75, 3.05) is 20.3 Å². The van der Waals surface area contributed by atoms with E-state index in [9.17, 15) is 4.79 Å². The molecule has 0 amide bonds. The molecule has 1 fully saturated rings. The second kappa shape index (κ2) is 4.58. The molecule has 0 aliphatic carbocycles. The number of carbonyl (C=O) groups excluding carboxylic acids is 1. The molecule has 0 bridgehead atoms. The van der Waals surface area contributed by atoms with Crippen molar-refractivity contribution in [2.24, 2.45) is 5.73 Å². The highest BCUT2D eigenvalue weighted by Crippen LogP contribution is 2.22. The standard InChI is InChI=1S/C9H17NO3/c1-12-8(11)7-9(10)3-2-5-13-6-4-9/h2-7,10H2,1H3. The highest BCUT2D eigenvalue weighted by atomic mass is 16.5. The van der Waals surface area contributed by atoms with Gasteiger partial charge in [0.05, 0.1) is 13.5 Å². The minimum Gasteiger partial charge on any atom is -0.469 e. The molecular formula is C9H17NO3. The first-order chi connectivity index (χ1) is 6.16. The molecule has 1 saturated heterocycles. The fourth-order valence-corrected chi connectivity index (χ4v) is 1.57. The molecule has 0 spiro atoms. The molecule has 1 unspecified atom stereocenters. The van der Waals surface area contributed by atoms with E-state index >= 15 is 0 Å². The average molecular weight is 187 g/mol. The van der Waals surface area contributed by atoms with Crippen LogP contribution in [0.15, 0.2) is 0 Å². The lowest BCUT2D eigenvalue weighted by atomic mass is 9.88. The summed E-state index contributed by atoms with van der Waals surface area (Å²) in [4.78, 5) is 11.1. The van der Waals surface area contributed by atoms with Gasteiger partial charge in [0.1, 0.15) is 0 Å². The highest BCUT2D eigenvalue weighted by molar-refractivity contribution is 5.70. The molecule has 0 aromatic heterocycles. The molecule has 1 atom stereocenters. The van der Waals surface area contributed by atoms with Gasteiger partial charge in [0.15, 0.2) is 0 Å². The number of hydrogen-bond acceptors (Lipinski definition) is 4. The minimum absolute atomic E-state index is 0.232. The van der Waals surface area contributed by atoms with Crippen molar-refractivity contribution >= 4 is 5.97 Å². The smallest absolute Gasteiger partial charge is 0.307 e. The number of methoxy groups -OCH3 is 1. The van der Waals surface area contributed by atoms with E-state index in [4.69, 9.17) is 10.5 Å². The van der Waals surface area contributed by atoms with Gasteiger partial charge in [0.25, 0.3) is 0 Å². The molecule has 1 aliphatic rings. The Morgan fingerprint density at radius 1 is 1.54 bits per heavy atom. The van der Waals surface area contributed by atoms with Gasteiger partial charge in [-0.1, -0.05) is 0 Å². The van der Waals surface area contributed by atoms with Crippen LogP contribution >= 0.6 is 0 Å². The fourth-order valence-electron chi connectivity index (χ4n) is 1.57. The van der Waals surface area contributed by atoms with Crippen LogP contribution in [0.1, 0.15) is 25.7 Å². The second-order valence-corrected chi connectivity index (χ2v) is 3.58. The van der Waals surface area contributed by atoms with Gasteiger partial charge in [-0.15, -0.1) is 0 Å². The highest BCUT2D eigenvalue weighted by Gasteiger charge is 2.29. The molecule has 0 radical (unpaired) electrons. The summed E-state index contributed by atoms with van der Waals surface area (Å²) in [5, 5.41) is 0. The number of ether oxygens (including phenoxy) is 2. The van der Waals surface area contributed by atoms with Gasteiger partial charge in [-0.2, -0.15) is 0 Å². The van der Waals surface area contributed by atoms with Crippen molar-refractivity contribution < 1.29 is 14.3 Å². The molecule has 76 valence electrons. The van der Waals surface area contributed by atoms with Crippen LogP contribution in [-0.2, 0) is 14.3 Å². The first-order valence-electron chi connectivity index (χ1n) is 4.60. The SMILES string of the molecule is COC(=O)CC1(N)CCCOCC1. The van der Waals surface area contributed by atoms with Crippen molar-refractivity contribution in [2.45, 2.75) is 31.2 Å². The van der Waals surface area contributed by atoms with Crippen LogP contribution in [-0.4, -0.2) is 31.8 Å². The molecule has 4 nitrogen and oxygen atoms in total. The molecular weight excluding hydrogens is 170 g/mol. The zero-order valence-corrected chi connectivity index (χ0v) is 8.04. The molecule has 2 N–H and O–H groups in total. The van der Waals surface area contributed by atoms with Gasteiger partial charge in [0, 0.05) is 18.8 Å². The maximum Gasteiger partial charge on any atom is 0.307 e. The lowest BCUT2D eigenvalue weighted by molar-refractivity contribution is -0.142. The molecule has 0 aromatic rings. The lowest BCUT2D eigenvalue weighted by Crippen LogP contribution is -2.42. The molecule has 0 aromatic carbocycles. The maximum absolute atomic E-state index is 11.1. The van der Waals surface area contributed by atoms with Crippen LogP contribution in [0.5, 0.6) is 0 Å². The van der Waals surface area contributed by atoms with Gasteiger partial charge in [0.2, 0.25) is 0 Å². The topological polar surface area (TPSA) is 61.5 Å². The summed E-state index contributed by atoms with van der Waals surface area (Å²) in [7, 11) is 1.39. The van der Waals surface area contributed by atoms with Gasteiger partial charge in [-0.3, -0.25) is 4.79 Å². The first kappa shape index (κ1) is 10.5. The average Bonchev–Trinajstić information content (AvgIpc) is 2.30. The monoisotopic (exact) mass is 187 g/mol. The fraction of sp³-hybridized carbons (Fsp3) is 0.889. The minimum atomic E-state index is -0.413. The van der Waals surface area contributed by atoms with E-state index in [1.807, 2.05) is 0 Å². The lowest BCUT2D eigenvalue weighted by Gasteiger charge is -2.25. The number of carbonyl (C=O) groups is 1. The summed E-state index contributed by atoms with van der Waals surface area (Å²) in [6.07, 6.45) is 2.80. The molecule has 1 aliphatic heterocycles. The quantitative estimate of drug-likeness (QED) is 0.637. The van der Waals surface area contributed by atoms with E-state index in [0.717, 1.165) is 25.9 Å². The molecule has 13 heavy (non-hydrogen) atoms. The molecule has 1 rings (SSSR count). The van der Waals surface area contributed by atoms with E-state index in [0.29, 0.717) is 13.0 Å². The Hall–Kier alpha value is -0.610. The van der Waals surface area contributed by atoms with E-state index < -0.39 is 5.54 Å². The Labute approximate surface area is 78.4 Å². The summed E-state index contributed by atoms with van der Waals surface area (Å²) in [5.74, 6) is -0.232. The van der Waals surface area contributed by atoms with E-state index in [-0.39, 0.29) is 5.97 Å². The Balaban J connectivity index is 2.46. The molecule has 0 saturated carbocycles. The van der Waals surface area contributed by atoms with E-state index in [1.165, 1.54) is 7.11 Å². The van der Waals surface area contributed by atoms with Crippen molar-refractivity contribution in [1.29, 1.82) is 0 Å². The molecule has 1 heterocycles. The number of nitrogens with two attached hydrogens (primary N) is 1. The summed E-state index contributed by atoms with van der Waals surface area (Å²) >= 11 is 0. The Morgan fingerprint density at radius 2 is 2.31 bits per heavy atom. The number of esters is 1. The van der Waals surface area contributed by atoms with Crippen LogP contribution in [0.4, 0.5) is 0 Å². The van der Waals surface area contributed by atoms with Crippen molar-refractivity contribution in [3.8, 4) is 0 Å². The van der Waals surface area contributed by atoms with Crippen LogP contribution in [0.2, 0.25) is 0 Å². The molecule has 4 heteroatoms. The van der Waals surface area contributed by atoms with E-state index in [1.54, 1.807) is 0 Å². The summed E-state index contributed by atoms with van der Waals surface area (Å²) < 4.78 is 9.87. The van der Waals surface area contributed by atoms with Crippen molar-refractivity contribution in [3.63, 3.8) is 0 Å². The third-order valence-electron chi connectivity index (χ3n) is 2.43. The van der Waals surface area contributed by atoms with Crippen LogP contribution in [0.25, 0.3) is 0 Å². The predicted molar refractivity (Wildman–Crippen MR) is 48.2 cm³/mol. The largest absolute Gasteiger partial charge is 0.469 e. The Kier molecular flexibility index (Phi) is 3.69. The van der Waals surface area contributed by atoms with Gasteiger partial charge in [-0.25, -0.2) is 0 Å². The third-order valence-corrected chi connectivity index (χ3v) is 2.43. The summed E-state index contributed by atoms with van der Waals surface area (Å²) in [6.45, 7) is 1.40. The summed E-state index contributed by atoms with van der Waals surface area (Å²) in [5.41, 5.74) is 5.64. The van der Waals surface area contributed by atoms with Crippen LogP contribution < -0.4 is 5.73 Å². The Morgan fingerprint density at radius 3 is 3.00 bits per heavy atom. The Bertz CT molecular complexity index is 174. The number of rotatable bonds is 2. The maximum atomic E-state index is 11.1. The van der Waals surface area contributed by atoms with Gasteiger partial charge in [-0.05, 0) is 19.3 Å². The predicted octanol–water partition coefficient (Wildman–Crippen LogP) is 0.447. The van der Waals surface area contributed by atoms with Crippen LogP contribution in [0, 0.1) is 0 Å². The first-order valence-corrected chi connectivity index (χ1v) is 4.60. The van der Waals surface area contributed by atoms with Gasteiger partial charge >= 0.3 is 5.97 Å². The zero-order valence-electron chi connectivity index (χ0n) is 8.04. The zero-order chi connectivity index (χ0) is 9.73. The number of hydrogen-bond donors (Lipinski definition) is 1. The van der Waals surface area contributed by atoms with Gasteiger partial charge < -0.3 is 15.2 Å². The second-order valence-electron chi connectivity index (χ2n) is 3.58. The van der Waals surface area contributed by atoms with E-state index in [2.05, 4.69) is 4.74 Å².